The summed E-state index contributed by atoms with van der Waals surface area (Å²) in [6.45, 7) is 1.90. The van der Waals surface area contributed by atoms with Gasteiger partial charge in [0.1, 0.15) is 0 Å². The molecule has 0 saturated heterocycles. The van der Waals surface area contributed by atoms with Gasteiger partial charge in [0, 0.05) is 0 Å². The first kappa shape index (κ1) is 8.68. The zero-order valence-corrected chi connectivity index (χ0v) is 9.03. The number of amides is 2. The van der Waals surface area contributed by atoms with Crippen molar-refractivity contribution in [3.63, 3.8) is 0 Å². The van der Waals surface area contributed by atoms with Crippen LogP contribution >= 0.6 is 22.9 Å². The van der Waals surface area contributed by atoms with Gasteiger partial charge in [0.05, 0.1) is 34.0 Å². The molecule has 0 spiro atoms. The summed E-state index contributed by atoms with van der Waals surface area (Å²) in [5.41, 5.74) is 2.01. The summed E-state index contributed by atoms with van der Waals surface area (Å²) < 4.78 is 1.11. The summed E-state index contributed by atoms with van der Waals surface area (Å²) in [7, 11) is 0. The van der Waals surface area contributed by atoms with Crippen LogP contribution < -0.4 is 0 Å². The highest BCUT2D eigenvalue weighted by atomic mass is 127. The first-order chi connectivity index (χ1) is 6.11. The van der Waals surface area contributed by atoms with E-state index in [1.807, 2.05) is 13.0 Å². The third kappa shape index (κ3) is 1.16. The Morgan fingerprint density at radius 1 is 1.15 bits per heavy atom. The molecule has 1 aliphatic heterocycles. The Morgan fingerprint density at radius 2 is 1.77 bits per heavy atom. The van der Waals surface area contributed by atoms with Gasteiger partial charge in [-0.1, -0.05) is 11.6 Å². The molecular formula is C9H6INO2. The number of hydrogen-bond donors (Lipinski definition) is 0. The Labute approximate surface area is 89.2 Å². The number of carbonyl (C=O) groups excluding carboxylic acids is 2. The second kappa shape index (κ2) is 2.80. The number of fused-ring (bicyclic) bond motifs is 1. The number of imide groups is 1. The average Bonchev–Trinajstić information content (AvgIpc) is 2.32. The maximum atomic E-state index is 11.5. The molecule has 0 unspecified atom stereocenters. The van der Waals surface area contributed by atoms with E-state index in [1.165, 1.54) is 0 Å². The molecule has 0 aliphatic carbocycles. The summed E-state index contributed by atoms with van der Waals surface area (Å²) in [6, 6.07) is 5.28. The van der Waals surface area contributed by atoms with E-state index in [4.69, 9.17) is 0 Å². The molecule has 0 radical (unpaired) electrons. The average molecular weight is 287 g/mol. The molecular weight excluding hydrogens is 281 g/mol. The van der Waals surface area contributed by atoms with Gasteiger partial charge in [0.15, 0.2) is 0 Å². The van der Waals surface area contributed by atoms with E-state index in [1.54, 1.807) is 35.0 Å². The zero-order valence-electron chi connectivity index (χ0n) is 6.87. The van der Waals surface area contributed by atoms with E-state index >= 15 is 0 Å². The predicted molar refractivity (Wildman–Crippen MR) is 55.7 cm³/mol. The maximum Gasteiger partial charge on any atom is 0.270 e. The molecule has 0 fully saturated rings. The standard InChI is InChI=1S/C9H6INO2/c1-5-2-3-6-7(4-5)9(13)11(10)8(6)12/h2-4H,1H3. The van der Waals surface area contributed by atoms with Crippen molar-refractivity contribution in [2.24, 2.45) is 0 Å². The summed E-state index contributed by atoms with van der Waals surface area (Å²) in [6.07, 6.45) is 0. The van der Waals surface area contributed by atoms with Crippen molar-refractivity contribution in [3.05, 3.63) is 34.9 Å². The SMILES string of the molecule is Cc1ccc2c(c1)C(=O)N(I)C2=O. The van der Waals surface area contributed by atoms with Crippen LogP contribution in [0, 0.1) is 6.92 Å². The molecule has 0 saturated carbocycles. The van der Waals surface area contributed by atoms with Crippen LogP contribution in [-0.2, 0) is 0 Å². The summed E-state index contributed by atoms with van der Waals surface area (Å²) >= 11 is 1.73. The highest BCUT2D eigenvalue weighted by Crippen LogP contribution is 2.26. The minimum Gasteiger partial charge on any atom is -0.268 e. The fourth-order valence-corrected chi connectivity index (χ4v) is 1.85. The molecule has 0 N–H and O–H groups in total. The van der Waals surface area contributed by atoms with Crippen LogP contribution in [-0.4, -0.2) is 14.9 Å². The van der Waals surface area contributed by atoms with E-state index in [0.717, 1.165) is 8.68 Å². The van der Waals surface area contributed by atoms with Crippen molar-refractivity contribution in [1.82, 2.24) is 3.11 Å². The lowest BCUT2D eigenvalue weighted by Gasteiger charge is -1.98. The van der Waals surface area contributed by atoms with Crippen LogP contribution in [0.25, 0.3) is 0 Å². The largest absolute Gasteiger partial charge is 0.270 e. The second-order valence-corrected chi connectivity index (χ2v) is 3.91. The Kier molecular flexibility index (Phi) is 1.87. The number of nitrogens with zero attached hydrogens (tertiary/aromatic N) is 1. The molecule has 2 rings (SSSR count). The van der Waals surface area contributed by atoms with E-state index in [-0.39, 0.29) is 11.8 Å². The van der Waals surface area contributed by atoms with Crippen LogP contribution in [0.3, 0.4) is 0 Å². The van der Waals surface area contributed by atoms with Crippen LogP contribution in [0.5, 0.6) is 0 Å². The minimum atomic E-state index is -0.222. The molecule has 1 aromatic rings. The molecule has 3 nitrogen and oxygen atoms in total. The smallest absolute Gasteiger partial charge is 0.268 e. The van der Waals surface area contributed by atoms with Gasteiger partial charge in [-0.15, -0.1) is 0 Å². The fourth-order valence-electron chi connectivity index (χ4n) is 1.33. The van der Waals surface area contributed by atoms with Crippen LogP contribution in [0.2, 0.25) is 0 Å². The number of rotatable bonds is 0. The zero-order chi connectivity index (χ0) is 9.59. The third-order valence-corrected chi connectivity index (χ3v) is 2.87. The summed E-state index contributed by atoms with van der Waals surface area (Å²) in [5.74, 6) is -0.440. The van der Waals surface area contributed by atoms with E-state index in [9.17, 15) is 9.59 Å². The maximum absolute atomic E-state index is 11.5. The molecule has 1 aliphatic rings. The molecule has 1 aromatic carbocycles. The number of carbonyl (C=O) groups is 2. The van der Waals surface area contributed by atoms with Gasteiger partial charge in [-0.2, -0.15) is 0 Å². The minimum absolute atomic E-state index is 0.218. The van der Waals surface area contributed by atoms with Gasteiger partial charge >= 0.3 is 0 Å². The fraction of sp³-hybridized carbons (Fsp3) is 0.111. The second-order valence-electron chi connectivity index (χ2n) is 2.94. The van der Waals surface area contributed by atoms with Gasteiger partial charge < -0.3 is 0 Å². The number of benzene rings is 1. The molecule has 66 valence electrons. The van der Waals surface area contributed by atoms with Crippen molar-refractivity contribution in [2.45, 2.75) is 6.92 Å². The van der Waals surface area contributed by atoms with Gasteiger partial charge in [-0.25, -0.2) is 3.11 Å². The topological polar surface area (TPSA) is 37.4 Å². The normalized spacial score (nSPS) is 15.1. The molecule has 4 heteroatoms. The van der Waals surface area contributed by atoms with Crippen molar-refractivity contribution >= 4 is 34.7 Å². The van der Waals surface area contributed by atoms with E-state index < -0.39 is 0 Å². The Bertz CT molecular complexity index is 414. The Balaban J connectivity index is 2.67. The van der Waals surface area contributed by atoms with Crippen molar-refractivity contribution < 1.29 is 9.59 Å². The number of aryl methyl sites for hydroxylation is 1. The molecule has 0 bridgehead atoms. The Morgan fingerprint density at radius 3 is 2.46 bits per heavy atom. The van der Waals surface area contributed by atoms with Crippen molar-refractivity contribution in [1.29, 1.82) is 0 Å². The summed E-state index contributed by atoms with van der Waals surface area (Å²) in [5, 5.41) is 0. The molecule has 0 aromatic heterocycles. The quantitative estimate of drug-likeness (QED) is 0.415. The first-order valence-electron chi connectivity index (χ1n) is 3.76. The van der Waals surface area contributed by atoms with Crippen LogP contribution in [0.15, 0.2) is 18.2 Å². The highest BCUT2D eigenvalue weighted by Gasteiger charge is 2.33. The lowest BCUT2D eigenvalue weighted by Crippen LogP contribution is -2.17. The van der Waals surface area contributed by atoms with Gasteiger partial charge in [-0.3, -0.25) is 9.59 Å². The first-order valence-corrected chi connectivity index (χ1v) is 4.73. The van der Waals surface area contributed by atoms with Gasteiger partial charge in [-0.05, 0) is 19.1 Å². The van der Waals surface area contributed by atoms with E-state index in [0.29, 0.717) is 11.1 Å². The highest BCUT2D eigenvalue weighted by molar-refractivity contribution is 14.1. The molecule has 0 atom stereocenters. The monoisotopic (exact) mass is 287 g/mol. The van der Waals surface area contributed by atoms with Crippen molar-refractivity contribution in [2.75, 3.05) is 0 Å². The van der Waals surface area contributed by atoms with Gasteiger partial charge in [0.25, 0.3) is 11.8 Å². The Hall–Kier alpha value is -0.910. The lowest BCUT2D eigenvalue weighted by atomic mass is 10.1. The lowest BCUT2D eigenvalue weighted by molar-refractivity contribution is 0.0797. The molecule has 1 heterocycles. The van der Waals surface area contributed by atoms with Crippen LogP contribution in [0.4, 0.5) is 0 Å². The van der Waals surface area contributed by atoms with Gasteiger partial charge in [0.2, 0.25) is 0 Å². The number of halogens is 1. The predicted octanol–water partition coefficient (Wildman–Crippen LogP) is 1.94. The van der Waals surface area contributed by atoms with E-state index in [2.05, 4.69) is 0 Å². The third-order valence-electron chi connectivity index (χ3n) is 1.99. The van der Waals surface area contributed by atoms with Crippen molar-refractivity contribution in [3.8, 4) is 0 Å². The van der Waals surface area contributed by atoms with Crippen LogP contribution in [0.1, 0.15) is 26.3 Å². The number of hydrogen-bond acceptors (Lipinski definition) is 2. The molecule has 2 amide bonds. The summed E-state index contributed by atoms with van der Waals surface area (Å²) in [4.78, 5) is 22.9. The molecule has 13 heavy (non-hydrogen) atoms.